The number of aliphatic hydroxyl groups excluding tert-OH is 1. The van der Waals surface area contributed by atoms with Crippen molar-refractivity contribution in [3.63, 3.8) is 0 Å². The van der Waals surface area contributed by atoms with Crippen molar-refractivity contribution in [3.8, 4) is 0 Å². The summed E-state index contributed by atoms with van der Waals surface area (Å²) in [5.74, 6) is 0.141. The highest BCUT2D eigenvalue weighted by Crippen LogP contribution is 2.26. The van der Waals surface area contributed by atoms with Gasteiger partial charge in [-0.2, -0.15) is 11.3 Å². The number of rotatable bonds is 5. The second-order valence-electron chi connectivity index (χ2n) is 3.73. The van der Waals surface area contributed by atoms with Gasteiger partial charge in [0.1, 0.15) is 0 Å². The first kappa shape index (κ1) is 13.9. The quantitative estimate of drug-likeness (QED) is 0.643. The second-order valence-corrected chi connectivity index (χ2v) is 5.43. The maximum Gasteiger partial charge on any atom is 0.312 e. The number of hydrogen-bond donors (Lipinski definition) is 2. The van der Waals surface area contributed by atoms with Gasteiger partial charge in [0.05, 0.1) is 11.0 Å². The highest BCUT2D eigenvalue weighted by Gasteiger charge is 2.17. The molecule has 0 unspecified atom stereocenters. The smallest absolute Gasteiger partial charge is 0.312 e. The van der Waals surface area contributed by atoms with Crippen molar-refractivity contribution >= 4 is 38.8 Å². The number of aliphatic hydroxyl groups is 1. The first-order chi connectivity index (χ1) is 9.08. The summed E-state index contributed by atoms with van der Waals surface area (Å²) >= 11 is 4.62. The van der Waals surface area contributed by atoms with E-state index in [1.165, 1.54) is 23.6 Å². The summed E-state index contributed by atoms with van der Waals surface area (Å²) < 4.78 is 0.531. The van der Waals surface area contributed by atoms with E-state index in [2.05, 4.69) is 26.2 Å². The summed E-state index contributed by atoms with van der Waals surface area (Å²) in [5, 5.41) is 27.3. The maximum absolute atomic E-state index is 10.9. The average Bonchev–Trinajstić information content (AvgIpc) is 2.90. The van der Waals surface area contributed by atoms with Gasteiger partial charge in [-0.15, -0.1) is 0 Å². The minimum absolute atomic E-state index is 0.133. The van der Waals surface area contributed by atoms with Crippen LogP contribution >= 0.6 is 27.3 Å². The van der Waals surface area contributed by atoms with E-state index in [9.17, 15) is 15.2 Å². The van der Waals surface area contributed by atoms with Crippen molar-refractivity contribution < 1.29 is 10.0 Å². The summed E-state index contributed by atoms with van der Waals surface area (Å²) in [6, 6.07) is 3.17. The number of halogens is 1. The van der Waals surface area contributed by atoms with Crippen molar-refractivity contribution in [1.29, 1.82) is 0 Å². The van der Waals surface area contributed by atoms with Gasteiger partial charge in [-0.3, -0.25) is 10.1 Å². The molecule has 0 aliphatic rings. The molecule has 2 aromatic heterocycles. The summed E-state index contributed by atoms with van der Waals surface area (Å²) in [7, 11) is 0. The van der Waals surface area contributed by atoms with Gasteiger partial charge in [-0.05, 0) is 38.3 Å². The SMILES string of the molecule is O=[N+]([O-])c1cc(Br)cnc1NC[C@@H](O)c1ccsc1. The summed E-state index contributed by atoms with van der Waals surface area (Å²) in [6.07, 6.45) is 0.739. The Labute approximate surface area is 121 Å². The van der Waals surface area contributed by atoms with Gasteiger partial charge in [-0.25, -0.2) is 4.98 Å². The Morgan fingerprint density at radius 2 is 2.42 bits per heavy atom. The maximum atomic E-state index is 10.9. The lowest BCUT2D eigenvalue weighted by molar-refractivity contribution is -0.384. The first-order valence-electron chi connectivity index (χ1n) is 5.32. The number of hydrogen-bond acceptors (Lipinski definition) is 6. The number of pyridine rings is 1. The Balaban J connectivity index is 2.09. The van der Waals surface area contributed by atoms with Gasteiger partial charge in [-0.1, -0.05) is 0 Å². The van der Waals surface area contributed by atoms with Crippen LogP contribution in [-0.4, -0.2) is 21.6 Å². The normalized spacial score (nSPS) is 12.1. The molecule has 6 nitrogen and oxygen atoms in total. The van der Waals surface area contributed by atoms with Gasteiger partial charge >= 0.3 is 5.69 Å². The van der Waals surface area contributed by atoms with Crippen molar-refractivity contribution in [1.82, 2.24) is 4.98 Å². The van der Waals surface area contributed by atoms with E-state index in [1.807, 2.05) is 10.8 Å². The van der Waals surface area contributed by atoms with E-state index in [0.29, 0.717) is 4.47 Å². The van der Waals surface area contributed by atoms with Crippen molar-refractivity contribution in [3.05, 3.63) is 49.2 Å². The molecule has 2 rings (SSSR count). The summed E-state index contributed by atoms with van der Waals surface area (Å²) in [6.45, 7) is 0.159. The molecule has 0 radical (unpaired) electrons. The van der Waals surface area contributed by atoms with E-state index < -0.39 is 11.0 Å². The fourth-order valence-corrected chi connectivity index (χ4v) is 2.51. The van der Waals surface area contributed by atoms with Gasteiger partial charge in [0.25, 0.3) is 0 Å². The molecule has 19 heavy (non-hydrogen) atoms. The Kier molecular flexibility index (Phi) is 4.46. The molecule has 0 spiro atoms. The van der Waals surface area contributed by atoms with Gasteiger partial charge in [0.2, 0.25) is 5.82 Å². The molecule has 0 aliphatic carbocycles. The van der Waals surface area contributed by atoms with Crippen LogP contribution in [0.1, 0.15) is 11.7 Å². The molecule has 8 heteroatoms. The highest BCUT2D eigenvalue weighted by molar-refractivity contribution is 9.10. The minimum Gasteiger partial charge on any atom is -0.387 e. The van der Waals surface area contributed by atoms with E-state index >= 15 is 0 Å². The predicted octanol–water partition coefficient (Wildman–Crippen LogP) is 2.96. The topological polar surface area (TPSA) is 88.3 Å². The summed E-state index contributed by atoms with van der Waals surface area (Å²) in [4.78, 5) is 14.3. The molecular weight excluding hydrogens is 334 g/mol. The molecular formula is C11H10BrN3O3S. The molecule has 100 valence electrons. The zero-order valence-electron chi connectivity index (χ0n) is 9.62. The van der Waals surface area contributed by atoms with Crippen LogP contribution < -0.4 is 5.32 Å². The number of aromatic nitrogens is 1. The van der Waals surface area contributed by atoms with Crippen molar-refractivity contribution in [2.24, 2.45) is 0 Å². The van der Waals surface area contributed by atoms with Crippen LogP contribution in [0.15, 0.2) is 33.6 Å². The molecule has 0 fully saturated rings. The van der Waals surface area contributed by atoms with E-state index in [-0.39, 0.29) is 18.1 Å². The third-order valence-electron chi connectivity index (χ3n) is 2.42. The average molecular weight is 344 g/mol. The van der Waals surface area contributed by atoms with Crippen LogP contribution in [-0.2, 0) is 0 Å². The van der Waals surface area contributed by atoms with Crippen molar-refractivity contribution in [2.45, 2.75) is 6.10 Å². The van der Waals surface area contributed by atoms with Crippen molar-refractivity contribution in [2.75, 3.05) is 11.9 Å². The Morgan fingerprint density at radius 1 is 1.63 bits per heavy atom. The molecule has 2 aromatic rings. The van der Waals surface area contributed by atoms with Crippen LogP contribution in [0.3, 0.4) is 0 Å². The molecule has 0 aliphatic heterocycles. The van der Waals surface area contributed by atoms with Crippen LogP contribution in [0.5, 0.6) is 0 Å². The Morgan fingerprint density at radius 3 is 3.05 bits per heavy atom. The zero-order valence-corrected chi connectivity index (χ0v) is 12.0. The number of anilines is 1. The zero-order chi connectivity index (χ0) is 13.8. The second kappa shape index (κ2) is 6.09. The number of nitrogens with one attached hydrogen (secondary N) is 1. The summed E-state index contributed by atoms with van der Waals surface area (Å²) in [5.41, 5.74) is 0.643. The fourth-order valence-electron chi connectivity index (χ4n) is 1.48. The molecule has 0 saturated carbocycles. The lowest BCUT2D eigenvalue weighted by Crippen LogP contribution is -2.13. The van der Waals surface area contributed by atoms with E-state index in [0.717, 1.165) is 5.56 Å². The molecule has 0 aromatic carbocycles. The number of nitrogens with zero attached hydrogens (tertiary/aromatic N) is 2. The predicted molar refractivity (Wildman–Crippen MR) is 76.4 cm³/mol. The third-order valence-corrected chi connectivity index (χ3v) is 3.56. The van der Waals surface area contributed by atoms with Gasteiger partial charge < -0.3 is 10.4 Å². The van der Waals surface area contributed by atoms with E-state index in [1.54, 1.807) is 6.07 Å². The molecule has 0 saturated heterocycles. The standard InChI is InChI=1S/C11H10BrN3O3S/c12-8-3-9(15(17)18)11(13-4-8)14-5-10(16)7-1-2-19-6-7/h1-4,6,10,16H,5H2,(H,13,14)/t10-/m1/s1. The van der Waals surface area contributed by atoms with Crippen LogP contribution in [0.2, 0.25) is 0 Å². The van der Waals surface area contributed by atoms with Gasteiger partial charge in [0, 0.05) is 23.3 Å². The fraction of sp³-hybridized carbons (Fsp3) is 0.182. The third kappa shape index (κ3) is 3.49. The lowest BCUT2D eigenvalue weighted by atomic mass is 10.2. The Hall–Kier alpha value is -1.51. The Bertz CT molecular complexity index is 577. The minimum atomic E-state index is -0.726. The first-order valence-corrected chi connectivity index (χ1v) is 7.05. The van der Waals surface area contributed by atoms with Crippen LogP contribution in [0, 0.1) is 10.1 Å². The number of thiophene rings is 1. The number of nitro groups is 1. The molecule has 2 heterocycles. The molecule has 2 N–H and O–H groups in total. The monoisotopic (exact) mass is 343 g/mol. The largest absolute Gasteiger partial charge is 0.387 e. The molecule has 0 bridgehead atoms. The molecule has 1 atom stereocenters. The van der Waals surface area contributed by atoms with Crippen LogP contribution in [0.25, 0.3) is 0 Å². The molecule has 0 amide bonds. The lowest BCUT2D eigenvalue weighted by Gasteiger charge is -2.11. The van der Waals surface area contributed by atoms with Crippen LogP contribution in [0.4, 0.5) is 11.5 Å². The highest BCUT2D eigenvalue weighted by atomic mass is 79.9. The van der Waals surface area contributed by atoms with E-state index in [4.69, 9.17) is 0 Å². The van der Waals surface area contributed by atoms with Gasteiger partial charge in [0.15, 0.2) is 0 Å².